The van der Waals surface area contributed by atoms with E-state index in [1.54, 1.807) is 12.1 Å². The average molecular weight is 223 g/mol. The number of carbonyl (C=O) groups excluding carboxylic acids is 1. The van der Waals surface area contributed by atoms with Crippen molar-refractivity contribution >= 4 is 24.1 Å². The van der Waals surface area contributed by atoms with Crippen LogP contribution in [0.4, 0.5) is 5.69 Å². The maximum atomic E-state index is 10.5. The van der Waals surface area contributed by atoms with Crippen molar-refractivity contribution in [2.24, 2.45) is 0 Å². The van der Waals surface area contributed by atoms with E-state index >= 15 is 0 Å². The Kier molecular flexibility index (Phi) is 3.36. The first-order valence-electron chi connectivity index (χ1n) is 5.37. The summed E-state index contributed by atoms with van der Waals surface area (Å²) in [5.74, 6) is 0. The van der Waals surface area contributed by atoms with Gasteiger partial charge in [0.25, 0.3) is 0 Å². The van der Waals surface area contributed by atoms with Gasteiger partial charge in [-0.25, -0.2) is 0 Å². The summed E-state index contributed by atoms with van der Waals surface area (Å²) < 4.78 is 0. The molecule has 0 heterocycles. The average Bonchev–Trinajstić information content (AvgIpc) is 2.39. The van der Waals surface area contributed by atoms with E-state index in [4.69, 9.17) is 5.73 Å². The zero-order chi connectivity index (χ0) is 12.1. The molecule has 84 valence electrons. The van der Waals surface area contributed by atoms with Crippen molar-refractivity contribution in [3.05, 3.63) is 65.2 Å². The highest BCUT2D eigenvalue weighted by atomic mass is 16.1. The van der Waals surface area contributed by atoms with Gasteiger partial charge in [-0.1, -0.05) is 48.6 Å². The Labute approximate surface area is 100 Å². The minimum absolute atomic E-state index is 0.689. The molecule has 2 N–H and O–H groups in total. The topological polar surface area (TPSA) is 43.1 Å². The van der Waals surface area contributed by atoms with Gasteiger partial charge in [0.15, 0.2) is 0 Å². The second kappa shape index (κ2) is 5.12. The summed E-state index contributed by atoms with van der Waals surface area (Å²) in [5, 5.41) is 0. The van der Waals surface area contributed by atoms with Crippen molar-refractivity contribution in [1.29, 1.82) is 0 Å². The van der Waals surface area contributed by atoms with Gasteiger partial charge in [-0.15, -0.1) is 0 Å². The fourth-order valence-electron chi connectivity index (χ4n) is 1.49. The molecule has 0 saturated heterocycles. The van der Waals surface area contributed by atoms with Gasteiger partial charge in [0, 0.05) is 11.3 Å². The Bertz CT molecular complexity index is 524. The summed E-state index contributed by atoms with van der Waals surface area (Å²) in [7, 11) is 0. The molecule has 0 aliphatic rings. The summed E-state index contributed by atoms with van der Waals surface area (Å²) in [6.45, 7) is 0. The van der Waals surface area contributed by atoms with Crippen LogP contribution < -0.4 is 5.73 Å². The van der Waals surface area contributed by atoms with Gasteiger partial charge in [-0.2, -0.15) is 0 Å². The maximum absolute atomic E-state index is 10.5. The molecule has 0 aromatic heterocycles. The van der Waals surface area contributed by atoms with Gasteiger partial charge in [0.1, 0.15) is 6.29 Å². The molecule has 0 unspecified atom stereocenters. The predicted molar refractivity (Wildman–Crippen MR) is 71.6 cm³/mol. The molecule has 2 heteroatoms. The Morgan fingerprint density at radius 1 is 0.706 bits per heavy atom. The van der Waals surface area contributed by atoms with Crippen LogP contribution in [-0.2, 0) is 0 Å². The van der Waals surface area contributed by atoms with Crippen LogP contribution in [0, 0.1) is 0 Å². The highest BCUT2D eigenvalue weighted by molar-refractivity contribution is 5.76. The highest BCUT2D eigenvalue weighted by Crippen LogP contribution is 2.11. The number of aldehydes is 1. The molecule has 2 aromatic carbocycles. The quantitative estimate of drug-likeness (QED) is 0.493. The molecule has 0 aliphatic carbocycles. The van der Waals surface area contributed by atoms with Crippen molar-refractivity contribution in [3.8, 4) is 0 Å². The van der Waals surface area contributed by atoms with Crippen molar-refractivity contribution < 1.29 is 4.79 Å². The van der Waals surface area contributed by atoms with Crippen LogP contribution in [0.1, 0.15) is 21.5 Å². The lowest BCUT2D eigenvalue weighted by Crippen LogP contribution is -1.82. The highest BCUT2D eigenvalue weighted by Gasteiger charge is 1.90. The van der Waals surface area contributed by atoms with Gasteiger partial charge in [0.2, 0.25) is 0 Å². The fourth-order valence-corrected chi connectivity index (χ4v) is 1.49. The van der Waals surface area contributed by atoms with Crippen LogP contribution in [-0.4, -0.2) is 6.29 Å². The van der Waals surface area contributed by atoms with Crippen molar-refractivity contribution in [1.82, 2.24) is 0 Å². The van der Waals surface area contributed by atoms with E-state index in [1.165, 1.54) is 0 Å². The monoisotopic (exact) mass is 223 g/mol. The van der Waals surface area contributed by atoms with Gasteiger partial charge < -0.3 is 5.73 Å². The third-order valence-corrected chi connectivity index (χ3v) is 2.48. The molecule has 0 fully saturated rings. The number of hydrogen-bond donors (Lipinski definition) is 1. The van der Waals surface area contributed by atoms with Crippen LogP contribution in [0.25, 0.3) is 12.2 Å². The zero-order valence-electron chi connectivity index (χ0n) is 9.34. The summed E-state index contributed by atoms with van der Waals surface area (Å²) in [6.07, 6.45) is 4.85. The van der Waals surface area contributed by atoms with E-state index in [-0.39, 0.29) is 0 Å². The second-order valence-corrected chi connectivity index (χ2v) is 3.78. The summed E-state index contributed by atoms with van der Waals surface area (Å²) >= 11 is 0. The number of hydrogen-bond acceptors (Lipinski definition) is 2. The third-order valence-electron chi connectivity index (χ3n) is 2.48. The van der Waals surface area contributed by atoms with Gasteiger partial charge in [-0.05, 0) is 23.3 Å². The van der Waals surface area contributed by atoms with E-state index in [0.29, 0.717) is 5.56 Å². The van der Waals surface area contributed by atoms with Crippen molar-refractivity contribution in [2.45, 2.75) is 0 Å². The van der Waals surface area contributed by atoms with Gasteiger partial charge >= 0.3 is 0 Å². The Morgan fingerprint density at radius 2 is 1.12 bits per heavy atom. The molecule has 17 heavy (non-hydrogen) atoms. The first-order valence-corrected chi connectivity index (χ1v) is 5.37. The smallest absolute Gasteiger partial charge is 0.150 e. The molecule has 0 amide bonds. The molecule has 2 aromatic rings. The standard InChI is InChI=1S/C15H13NO/c16-15-9-7-13(8-10-15)2-1-12-3-5-14(11-17)6-4-12/h1-11H,16H2. The molecular weight excluding hydrogens is 210 g/mol. The minimum atomic E-state index is 0.689. The summed E-state index contributed by atoms with van der Waals surface area (Å²) in [4.78, 5) is 10.5. The molecular formula is C15H13NO. The Balaban J connectivity index is 2.14. The van der Waals surface area contributed by atoms with Crippen LogP contribution in [0.2, 0.25) is 0 Å². The number of rotatable bonds is 3. The van der Waals surface area contributed by atoms with E-state index in [9.17, 15) is 4.79 Å². The third kappa shape index (κ3) is 3.05. The fraction of sp³-hybridized carbons (Fsp3) is 0. The molecule has 0 aliphatic heterocycles. The summed E-state index contributed by atoms with van der Waals surface area (Å²) in [6, 6.07) is 15.1. The number of nitrogen functional groups attached to an aromatic ring is 1. The predicted octanol–water partition coefficient (Wildman–Crippen LogP) is 3.25. The van der Waals surface area contributed by atoms with Crippen LogP contribution in [0.3, 0.4) is 0 Å². The molecule has 2 nitrogen and oxygen atoms in total. The van der Waals surface area contributed by atoms with Gasteiger partial charge in [0.05, 0.1) is 0 Å². The Hall–Kier alpha value is -2.35. The van der Waals surface area contributed by atoms with Crippen molar-refractivity contribution in [3.63, 3.8) is 0 Å². The SMILES string of the molecule is Nc1ccc(C=Cc2ccc(C=O)cc2)cc1. The molecule has 0 radical (unpaired) electrons. The van der Waals surface area contributed by atoms with Crippen molar-refractivity contribution in [2.75, 3.05) is 5.73 Å². The lowest BCUT2D eigenvalue weighted by Gasteiger charge is -1.96. The molecule has 0 atom stereocenters. The molecule has 2 rings (SSSR count). The number of carbonyl (C=O) groups is 1. The first kappa shape index (κ1) is 11.1. The second-order valence-electron chi connectivity index (χ2n) is 3.78. The van der Waals surface area contributed by atoms with E-state index < -0.39 is 0 Å². The maximum Gasteiger partial charge on any atom is 0.150 e. The van der Waals surface area contributed by atoms with E-state index in [0.717, 1.165) is 23.1 Å². The normalized spacial score (nSPS) is 10.6. The summed E-state index contributed by atoms with van der Waals surface area (Å²) in [5.41, 5.74) is 9.22. The lowest BCUT2D eigenvalue weighted by molar-refractivity contribution is 0.112. The minimum Gasteiger partial charge on any atom is -0.399 e. The first-order chi connectivity index (χ1) is 8.28. The molecule has 0 spiro atoms. The zero-order valence-corrected chi connectivity index (χ0v) is 9.34. The molecule has 0 saturated carbocycles. The van der Waals surface area contributed by atoms with Gasteiger partial charge in [-0.3, -0.25) is 4.79 Å². The lowest BCUT2D eigenvalue weighted by atomic mass is 10.1. The van der Waals surface area contributed by atoms with Crippen LogP contribution in [0.15, 0.2) is 48.5 Å². The number of nitrogens with two attached hydrogens (primary N) is 1. The molecule has 0 bridgehead atoms. The van der Waals surface area contributed by atoms with Crippen LogP contribution in [0.5, 0.6) is 0 Å². The Morgan fingerprint density at radius 3 is 1.59 bits per heavy atom. The van der Waals surface area contributed by atoms with Crippen LogP contribution >= 0.6 is 0 Å². The number of anilines is 1. The van der Waals surface area contributed by atoms with E-state index in [2.05, 4.69) is 0 Å². The largest absolute Gasteiger partial charge is 0.399 e. The number of benzene rings is 2. The van der Waals surface area contributed by atoms with E-state index in [1.807, 2.05) is 48.6 Å².